The zero-order chi connectivity index (χ0) is 32.5. The lowest BCUT2D eigenvalue weighted by Crippen LogP contribution is -2.38. The van der Waals surface area contributed by atoms with Crippen LogP contribution < -0.4 is 16.0 Å². The molecule has 0 aromatic heterocycles. The largest absolute Gasteiger partial charge is 0.481 e. The standard InChI is InChI=1S/C36H69N3O4S/c1-4-6-8-10-12-14-16-18-20-22-24-33(36(42)43)30-34(40)38-27-25-37-26-28-39-35(41)32(3)31-44-29-23-21-19-17-15-13-11-9-7-5-2/h22,24,32-33,37H,4-21,23,25-31H2,1-3H3,(H,38,40)(H,39,41)(H,42,43). The van der Waals surface area contributed by atoms with Crippen LogP contribution in [0.4, 0.5) is 0 Å². The number of carbonyl (C=O) groups is 3. The van der Waals surface area contributed by atoms with E-state index in [1.165, 1.54) is 109 Å². The number of rotatable bonds is 33. The summed E-state index contributed by atoms with van der Waals surface area (Å²) in [6.45, 7) is 8.64. The number of carbonyl (C=O) groups excluding carboxylic acids is 2. The van der Waals surface area contributed by atoms with E-state index >= 15 is 0 Å². The van der Waals surface area contributed by atoms with Gasteiger partial charge in [0.25, 0.3) is 0 Å². The number of carboxylic acids is 1. The lowest BCUT2D eigenvalue weighted by molar-refractivity contribution is -0.142. The SMILES string of the molecule is CCCCCCCCCCC=CC(CC(=O)NCCNCCNC(=O)C(C)CSCCCCCCCCCCCC)C(=O)O. The maximum absolute atomic E-state index is 12.3. The van der Waals surface area contributed by atoms with Crippen molar-refractivity contribution in [2.75, 3.05) is 37.7 Å². The molecule has 2 unspecified atom stereocenters. The van der Waals surface area contributed by atoms with Crippen LogP contribution in [-0.4, -0.2) is 60.6 Å². The molecule has 0 fully saturated rings. The average molecular weight is 640 g/mol. The number of aliphatic carboxylic acids is 1. The van der Waals surface area contributed by atoms with E-state index in [4.69, 9.17) is 0 Å². The lowest BCUT2D eigenvalue weighted by atomic mass is 10.0. The van der Waals surface area contributed by atoms with Gasteiger partial charge in [-0.3, -0.25) is 14.4 Å². The summed E-state index contributed by atoms with van der Waals surface area (Å²) in [5, 5.41) is 18.5. The third-order valence-electron chi connectivity index (χ3n) is 8.00. The van der Waals surface area contributed by atoms with Gasteiger partial charge in [-0.1, -0.05) is 136 Å². The molecule has 0 spiro atoms. The van der Waals surface area contributed by atoms with Crippen molar-refractivity contribution < 1.29 is 19.5 Å². The molecule has 44 heavy (non-hydrogen) atoms. The zero-order valence-electron chi connectivity index (χ0n) is 28.8. The lowest BCUT2D eigenvalue weighted by Gasteiger charge is -2.13. The predicted octanol–water partition coefficient (Wildman–Crippen LogP) is 8.28. The van der Waals surface area contributed by atoms with Crippen molar-refractivity contribution >= 4 is 29.5 Å². The second-order valence-corrected chi connectivity index (χ2v) is 13.5. The normalized spacial score (nSPS) is 12.8. The van der Waals surface area contributed by atoms with E-state index in [-0.39, 0.29) is 24.2 Å². The second-order valence-electron chi connectivity index (χ2n) is 12.4. The van der Waals surface area contributed by atoms with Gasteiger partial charge in [-0.25, -0.2) is 0 Å². The molecule has 0 aliphatic rings. The molecule has 0 aromatic rings. The van der Waals surface area contributed by atoms with E-state index in [1.54, 1.807) is 6.08 Å². The molecule has 0 saturated carbocycles. The number of hydrogen-bond donors (Lipinski definition) is 4. The van der Waals surface area contributed by atoms with Crippen molar-refractivity contribution in [3.63, 3.8) is 0 Å². The Hall–Kier alpha value is -1.54. The maximum atomic E-state index is 12.3. The summed E-state index contributed by atoms with van der Waals surface area (Å²) in [4.78, 5) is 36.1. The molecule has 2 atom stereocenters. The van der Waals surface area contributed by atoms with Gasteiger partial charge in [0.1, 0.15) is 0 Å². The first-order valence-corrected chi connectivity index (χ1v) is 19.3. The van der Waals surface area contributed by atoms with Gasteiger partial charge in [0.2, 0.25) is 11.8 Å². The molecule has 8 heteroatoms. The van der Waals surface area contributed by atoms with Crippen molar-refractivity contribution in [3.05, 3.63) is 12.2 Å². The molecule has 0 aromatic carbocycles. The van der Waals surface area contributed by atoms with Crippen LogP contribution in [0.2, 0.25) is 0 Å². The summed E-state index contributed by atoms with van der Waals surface area (Å²) in [5.41, 5.74) is 0. The van der Waals surface area contributed by atoms with Crippen LogP contribution >= 0.6 is 11.8 Å². The van der Waals surface area contributed by atoms with Gasteiger partial charge < -0.3 is 21.1 Å². The molecule has 258 valence electrons. The highest BCUT2D eigenvalue weighted by Gasteiger charge is 2.18. The molecular formula is C36H69N3O4S. The number of nitrogens with one attached hydrogen (secondary N) is 3. The first-order chi connectivity index (χ1) is 21.4. The quantitative estimate of drug-likeness (QED) is 0.0425. The summed E-state index contributed by atoms with van der Waals surface area (Å²) >= 11 is 1.88. The Balaban J connectivity index is 3.72. The van der Waals surface area contributed by atoms with Gasteiger partial charge in [-0.05, 0) is 25.0 Å². The number of thioether (sulfide) groups is 1. The molecule has 7 nitrogen and oxygen atoms in total. The Bertz CT molecular complexity index is 719. The van der Waals surface area contributed by atoms with Crippen molar-refractivity contribution in [1.29, 1.82) is 0 Å². The van der Waals surface area contributed by atoms with Crippen LogP contribution in [0.5, 0.6) is 0 Å². The highest BCUT2D eigenvalue weighted by atomic mass is 32.2. The van der Waals surface area contributed by atoms with Crippen molar-refractivity contribution in [1.82, 2.24) is 16.0 Å². The van der Waals surface area contributed by atoms with E-state index in [1.807, 2.05) is 24.8 Å². The Morgan fingerprint density at radius 2 is 1.18 bits per heavy atom. The molecule has 4 N–H and O–H groups in total. The van der Waals surface area contributed by atoms with Crippen LogP contribution in [0.3, 0.4) is 0 Å². The molecule has 2 amide bonds. The smallest absolute Gasteiger partial charge is 0.310 e. The van der Waals surface area contributed by atoms with E-state index < -0.39 is 11.9 Å². The van der Waals surface area contributed by atoms with E-state index in [0.717, 1.165) is 24.3 Å². The number of allylic oxidation sites excluding steroid dienone is 1. The molecule has 0 aliphatic heterocycles. The Morgan fingerprint density at radius 1 is 0.682 bits per heavy atom. The van der Waals surface area contributed by atoms with Gasteiger partial charge in [0.15, 0.2) is 0 Å². The van der Waals surface area contributed by atoms with E-state index in [0.29, 0.717) is 26.2 Å². The predicted molar refractivity (Wildman–Crippen MR) is 189 cm³/mol. The van der Waals surface area contributed by atoms with Crippen molar-refractivity contribution in [2.45, 2.75) is 149 Å². The third-order valence-corrected chi connectivity index (χ3v) is 9.31. The summed E-state index contributed by atoms with van der Waals surface area (Å²) in [6, 6.07) is 0. The molecule has 0 aliphatic carbocycles. The highest BCUT2D eigenvalue weighted by Crippen LogP contribution is 2.15. The maximum Gasteiger partial charge on any atom is 0.310 e. The average Bonchev–Trinajstić information content (AvgIpc) is 3.01. The van der Waals surface area contributed by atoms with Gasteiger partial charge in [-0.2, -0.15) is 11.8 Å². The Morgan fingerprint density at radius 3 is 1.73 bits per heavy atom. The number of amides is 2. The van der Waals surface area contributed by atoms with E-state index in [2.05, 4.69) is 29.8 Å². The summed E-state index contributed by atoms with van der Waals surface area (Å²) in [5.74, 6) is 0.0617. The Labute approximate surface area is 275 Å². The van der Waals surface area contributed by atoms with Gasteiger partial charge >= 0.3 is 5.97 Å². The molecule has 0 bridgehead atoms. The van der Waals surface area contributed by atoms with Crippen molar-refractivity contribution in [2.24, 2.45) is 11.8 Å². The van der Waals surface area contributed by atoms with Crippen LogP contribution in [0, 0.1) is 11.8 Å². The van der Waals surface area contributed by atoms with Gasteiger partial charge in [0, 0.05) is 44.3 Å². The minimum atomic E-state index is -0.965. The fraction of sp³-hybridized carbons (Fsp3) is 0.861. The van der Waals surface area contributed by atoms with Crippen LogP contribution in [0.15, 0.2) is 12.2 Å². The summed E-state index contributed by atoms with van der Waals surface area (Å²) in [7, 11) is 0. The molecule has 0 rings (SSSR count). The highest BCUT2D eigenvalue weighted by molar-refractivity contribution is 7.99. The number of hydrogen-bond acceptors (Lipinski definition) is 5. The first-order valence-electron chi connectivity index (χ1n) is 18.1. The zero-order valence-corrected chi connectivity index (χ0v) is 29.6. The van der Waals surface area contributed by atoms with Gasteiger partial charge in [-0.15, -0.1) is 0 Å². The topological polar surface area (TPSA) is 108 Å². The van der Waals surface area contributed by atoms with Gasteiger partial charge in [0.05, 0.1) is 5.92 Å². The molecule has 0 saturated heterocycles. The minimum absolute atomic E-state index is 0.000963. The Kier molecular flexibility index (Phi) is 31.7. The molecule has 0 radical (unpaired) electrons. The second kappa shape index (κ2) is 32.8. The van der Waals surface area contributed by atoms with Crippen molar-refractivity contribution in [3.8, 4) is 0 Å². The summed E-state index contributed by atoms with van der Waals surface area (Å²) in [6.07, 6.45) is 27.8. The number of unbranched alkanes of at least 4 members (excludes halogenated alkanes) is 17. The van der Waals surface area contributed by atoms with Crippen LogP contribution in [-0.2, 0) is 14.4 Å². The first kappa shape index (κ1) is 42.5. The van der Waals surface area contributed by atoms with Crippen LogP contribution in [0.25, 0.3) is 0 Å². The monoisotopic (exact) mass is 640 g/mol. The fourth-order valence-corrected chi connectivity index (χ4v) is 6.14. The molecular weight excluding hydrogens is 570 g/mol. The third kappa shape index (κ3) is 29.2. The minimum Gasteiger partial charge on any atom is -0.481 e. The van der Waals surface area contributed by atoms with E-state index in [9.17, 15) is 19.5 Å². The summed E-state index contributed by atoms with van der Waals surface area (Å²) < 4.78 is 0. The fourth-order valence-electron chi connectivity index (χ4n) is 5.06. The number of carboxylic acid groups (broad SMARTS) is 1. The van der Waals surface area contributed by atoms with Crippen LogP contribution in [0.1, 0.15) is 149 Å². The molecule has 0 heterocycles.